The molecule has 0 aliphatic carbocycles. The van der Waals surface area contributed by atoms with E-state index < -0.39 is 0 Å². The van der Waals surface area contributed by atoms with Crippen LogP contribution in [0.25, 0.3) is 0 Å². The largest absolute Gasteiger partial charge is 0.374 e. The van der Waals surface area contributed by atoms with Crippen molar-refractivity contribution in [2.24, 2.45) is 5.73 Å². The summed E-state index contributed by atoms with van der Waals surface area (Å²) >= 11 is 3.45. The molecule has 0 radical (unpaired) electrons. The third-order valence-electron chi connectivity index (χ3n) is 3.30. The highest BCUT2D eigenvalue weighted by molar-refractivity contribution is 9.10. The van der Waals surface area contributed by atoms with Gasteiger partial charge in [0, 0.05) is 29.8 Å². The van der Waals surface area contributed by atoms with Gasteiger partial charge in [-0.3, -0.25) is 0 Å². The lowest BCUT2D eigenvalue weighted by Gasteiger charge is -2.21. The Morgan fingerprint density at radius 1 is 1.20 bits per heavy atom. The van der Waals surface area contributed by atoms with Gasteiger partial charge in [0.1, 0.15) is 5.82 Å². The van der Waals surface area contributed by atoms with E-state index in [-0.39, 0.29) is 11.9 Å². The minimum atomic E-state index is -0.217. The average molecular weight is 337 g/mol. The second kappa shape index (κ2) is 6.86. The SMILES string of the molecule is CN(CCC(N)c1cccc(Br)c1)c1cccc(F)c1. The Labute approximate surface area is 127 Å². The average Bonchev–Trinajstić information content (AvgIpc) is 2.44. The maximum atomic E-state index is 13.2. The number of anilines is 1. The summed E-state index contributed by atoms with van der Waals surface area (Å²) in [6.45, 7) is 0.775. The van der Waals surface area contributed by atoms with E-state index in [0.29, 0.717) is 0 Å². The van der Waals surface area contributed by atoms with Crippen molar-refractivity contribution in [3.05, 3.63) is 64.4 Å². The predicted molar refractivity (Wildman–Crippen MR) is 85.4 cm³/mol. The van der Waals surface area contributed by atoms with Gasteiger partial charge in [0.25, 0.3) is 0 Å². The first-order chi connectivity index (χ1) is 9.56. The Bertz CT molecular complexity index is 522. The van der Waals surface area contributed by atoms with Crippen molar-refractivity contribution < 1.29 is 4.39 Å². The maximum absolute atomic E-state index is 13.2. The van der Waals surface area contributed by atoms with E-state index in [2.05, 4.69) is 15.9 Å². The minimum absolute atomic E-state index is 0.0245. The van der Waals surface area contributed by atoms with Crippen LogP contribution in [0.4, 0.5) is 10.1 Å². The van der Waals surface area contributed by atoms with Gasteiger partial charge in [-0.25, -0.2) is 4.39 Å². The Morgan fingerprint density at radius 3 is 2.65 bits per heavy atom. The van der Waals surface area contributed by atoms with Crippen molar-refractivity contribution in [3.8, 4) is 0 Å². The molecule has 1 atom stereocenters. The molecule has 0 spiro atoms. The zero-order valence-electron chi connectivity index (χ0n) is 11.4. The molecular weight excluding hydrogens is 319 g/mol. The van der Waals surface area contributed by atoms with Crippen LogP contribution in [0.1, 0.15) is 18.0 Å². The molecule has 0 aliphatic rings. The van der Waals surface area contributed by atoms with Crippen LogP contribution < -0.4 is 10.6 Å². The highest BCUT2D eigenvalue weighted by Gasteiger charge is 2.09. The highest BCUT2D eigenvalue weighted by atomic mass is 79.9. The second-order valence-electron chi connectivity index (χ2n) is 4.85. The number of benzene rings is 2. The van der Waals surface area contributed by atoms with Crippen LogP contribution in [0.2, 0.25) is 0 Å². The summed E-state index contributed by atoms with van der Waals surface area (Å²) in [5.74, 6) is -0.217. The molecule has 0 saturated heterocycles. The smallest absolute Gasteiger partial charge is 0.125 e. The number of hydrogen-bond donors (Lipinski definition) is 1. The molecule has 0 aliphatic heterocycles. The Kier molecular flexibility index (Phi) is 5.15. The lowest BCUT2D eigenvalue weighted by molar-refractivity contribution is 0.623. The van der Waals surface area contributed by atoms with Gasteiger partial charge in [-0.2, -0.15) is 0 Å². The molecule has 4 heteroatoms. The molecule has 106 valence electrons. The topological polar surface area (TPSA) is 29.3 Å². The van der Waals surface area contributed by atoms with E-state index in [4.69, 9.17) is 5.73 Å². The molecule has 2 aromatic rings. The molecular formula is C16H18BrFN2. The van der Waals surface area contributed by atoms with Crippen LogP contribution in [0.15, 0.2) is 53.0 Å². The van der Waals surface area contributed by atoms with Crippen LogP contribution in [0.5, 0.6) is 0 Å². The first-order valence-corrected chi connectivity index (χ1v) is 7.33. The predicted octanol–water partition coefficient (Wildman–Crippen LogP) is 4.11. The van der Waals surface area contributed by atoms with E-state index >= 15 is 0 Å². The molecule has 1 unspecified atom stereocenters. The van der Waals surface area contributed by atoms with E-state index in [9.17, 15) is 4.39 Å². The van der Waals surface area contributed by atoms with Crippen LogP contribution in [-0.2, 0) is 0 Å². The second-order valence-corrected chi connectivity index (χ2v) is 5.77. The molecule has 0 fully saturated rings. The molecule has 0 heterocycles. The summed E-state index contributed by atoms with van der Waals surface area (Å²) in [6, 6.07) is 14.6. The Hall–Kier alpha value is -1.39. The molecule has 2 aromatic carbocycles. The molecule has 0 aromatic heterocycles. The Morgan fingerprint density at radius 2 is 1.95 bits per heavy atom. The zero-order valence-corrected chi connectivity index (χ0v) is 13.0. The summed E-state index contributed by atoms with van der Waals surface area (Å²) in [5.41, 5.74) is 8.17. The van der Waals surface area contributed by atoms with Gasteiger partial charge < -0.3 is 10.6 Å². The summed E-state index contributed by atoms with van der Waals surface area (Å²) in [5, 5.41) is 0. The third kappa shape index (κ3) is 4.05. The van der Waals surface area contributed by atoms with Gasteiger partial charge in [-0.05, 0) is 42.3 Å². The van der Waals surface area contributed by atoms with Crippen LogP contribution in [0.3, 0.4) is 0 Å². The summed E-state index contributed by atoms with van der Waals surface area (Å²) in [4.78, 5) is 2.01. The van der Waals surface area contributed by atoms with Crippen molar-refractivity contribution in [1.29, 1.82) is 0 Å². The first-order valence-electron chi connectivity index (χ1n) is 6.54. The molecule has 2 rings (SSSR count). The number of hydrogen-bond acceptors (Lipinski definition) is 2. The van der Waals surface area contributed by atoms with Crippen molar-refractivity contribution >= 4 is 21.6 Å². The molecule has 0 amide bonds. The van der Waals surface area contributed by atoms with Gasteiger partial charge in [0.15, 0.2) is 0 Å². The van der Waals surface area contributed by atoms with Gasteiger partial charge in [0.05, 0.1) is 0 Å². The molecule has 0 saturated carbocycles. The summed E-state index contributed by atoms with van der Waals surface area (Å²) in [6.07, 6.45) is 0.809. The lowest BCUT2D eigenvalue weighted by Crippen LogP contribution is -2.23. The Balaban J connectivity index is 1.94. The van der Waals surface area contributed by atoms with E-state index in [1.807, 2.05) is 42.3 Å². The lowest BCUT2D eigenvalue weighted by atomic mass is 10.0. The standard InChI is InChI=1S/C16H18BrFN2/c1-20(15-7-3-6-14(18)11-15)9-8-16(19)12-4-2-5-13(17)10-12/h2-7,10-11,16H,8-9,19H2,1H3. The van der Waals surface area contributed by atoms with Gasteiger partial charge in [-0.1, -0.05) is 34.1 Å². The fourth-order valence-electron chi connectivity index (χ4n) is 2.08. The molecule has 20 heavy (non-hydrogen) atoms. The van der Waals surface area contributed by atoms with Gasteiger partial charge in [-0.15, -0.1) is 0 Å². The summed E-state index contributed by atoms with van der Waals surface area (Å²) in [7, 11) is 1.95. The van der Waals surface area contributed by atoms with Gasteiger partial charge >= 0.3 is 0 Å². The van der Waals surface area contributed by atoms with E-state index in [1.165, 1.54) is 12.1 Å². The third-order valence-corrected chi connectivity index (χ3v) is 3.79. The first kappa shape index (κ1) is 15.0. The maximum Gasteiger partial charge on any atom is 0.125 e. The van der Waals surface area contributed by atoms with E-state index in [0.717, 1.165) is 28.7 Å². The molecule has 0 bridgehead atoms. The zero-order chi connectivity index (χ0) is 14.5. The number of nitrogens with two attached hydrogens (primary N) is 1. The molecule has 2 N–H and O–H groups in total. The monoisotopic (exact) mass is 336 g/mol. The van der Waals surface area contributed by atoms with Crippen LogP contribution in [-0.4, -0.2) is 13.6 Å². The van der Waals surface area contributed by atoms with Crippen molar-refractivity contribution in [1.82, 2.24) is 0 Å². The quantitative estimate of drug-likeness (QED) is 0.889. The van der Waals surface area contributed by atoms with Gasteiger partial charge in [0.2, 0.25) is 0 Å². The van der Waals surface area contributed by atoms with Crippen molar-refractivity contribution in [3.63, 3.8) is 0 Å². The van der Waals surface area contributed by atoms with Crippen molar-refractivity contribution in [2.45, 2.75) is 12.5 Å². The summed E-state index contributed by atoms with van der Waals surface area (Å²) < 4.78 is 14.2. The highest BCUT2D eigenvalue weighted by Crippen LogP contribution is 2.20. The molecule has 2 nitrogen and oxygen atoms in total. The fourth-order valence-corrected chi connectivity index (χ4v) is 2.50. The fraction of sp³-hybridized carbons (Fsp3) is 0.250. The number of halogens is 2. The normalized spacial score (nSPS) is 12.2. The number of nitrogens with zero attached hydrogens (tertiary/aromatic N) is 1. The minimum Gasteiger partial charge on any atom is -0.374 e. The number of rotatable bonds is 5. The van der Waals surface area contributed by atoms with Crippen molar-refractivity contribution in [2.75, 3.05) is 18.5 Å². The van der Waals surface area contributed by atoms with E-state index in [1.54, 1.807) is 6.07 Å². The van der Waals surface area contributed by atoms with Crippen LogP contribution >= 0.6 is 15.9 Å². The van der Waals surface area contributed by atoms with Crippen LogP contribution in [0, 0.1) is 5.82 Å².